The van der Waals surface area contributed by atoms with Gasteiger partial charge in [0.2, 0.25) is 5.91 Å². The minimum Gasteiger partial charge on any atom is -0.478 e. The van der Waals surface area contributed by atoms with Gasteiger partial charge in [0.15, 0.2) is 0 Å². The molecule has 2 rings (SSSR count). The molecule has 0 saturated carbocycles. The quantitative estimate of drug-likeness (QED) is 0.824. The zero-order valence-electron chi connectivity index (χ0n) is 10.4. The number of aromatic nitrogens is 2. The van der Waals surface area contributed by atoms with Gasteiger partial charge in [0.25, 0.3) is 0 Å². The summed E-state index contributed by atoms with van der Waals surface area (Å²) in [4.78, 5) is 30.0. The summed E-state index contributed by atoms with van der Waals surface area (Å²) in [5, 5.41) is 11.0. The van der Waals surface area contributed by atoms with Crippen LogP contribution in [0.25, 0.3) is 11.3 Å². The molecule has 0 bridgehead atoms. The molecule has 2 aromatic heterocycles. The summed E-state index contributed by atoms with van der Waals surface area (Å²) in [6.07, 6.45) is 6.61. The molecule has 0 atom stereocenters. The first-order valence-electron chi connectivity index (χ1n) is 5.73. The molecule has 2 aromatic rings. The summed E-state index contributed by atoms with van der Waals surface area (Å²) in [5.74, 6) is -1.69. The Hall–Kier alpha value is -3.02. The van der Waals surface area contributed by atoms with Crippen molar-refractivity contribution >= 4 is 17.6 Å². The summed E-state index contributed by atoms with van der Waals surface area (Å²) in [5.41, 5.74) is 2.02. The van der Waals surface area contributed by atoms with Crippen LogP contribution in [0, 0.1) is 0 Å². The Balaban J connectivity index is 2.15. The third kappa shape index (κ3) is 3.74. The van der Waals surface area contributed by atoms with E-state index in [1.807, 2.05) is 6.07 Å². The van der Waals surface area contributed by atoms with E-state index in [0.717, 1.165) is 17.7 Å². The van der Waals surface area contributed by atoms with Crippen molar-refractivity contribution in [2.24, 2.45) is 0 Å². The summed E-state index contributed by atoms with van der Waals surface area (Å²) in [6.45, 7) is 0. The summed E-state index contributed by atoms with van der Waals surface area (Å²) in [6, 6.07) is 6.94. The third-order valence-corrected chi connectivity index (χ3v) is 2.36. The second kappa shape index (κ2) is 6.24. The highest BCUT2D eigenvalue weighted by Gasteiger charge is 2.03. The largest absolute Gasteiger partial charge is 0.478 e. The molecule has 0 fully saturated rings. The van der Waals surface area contributed by atoms with Gasteiger partial charge in [-0.25, -0.2) is 4.79 Å². The van der Waals surface area contributed by atoms with Crippen LogP contribution in [-0.2, 0) is 9.59 Å². The first-order chi connectivity index (χ1) is 9.65. The van der Waals surface area contributed by atoms with E-state index >= 15 is 0 Å². The van der Waals surface area contributed by atoms with E-state index in [1.54, 1.807) is 36.8 Å². The molecule has 6 nitrogen and oxygen atoms in total. The SMILES string of the molecule is O=C(O)/C=C/C(=O)Nc1ccnc(-c2cccnc2)c1. The summed E-state index contributed by atoms with van der Waals surface area (Å²) >= 11 is 0. The number of hydrogen-bond acceptors (Lipinski definition) is 4. The lowest BCUT2D eigenvalue weighted by molar-refractivity contribution is -0.131. The summed E-state index contributed by atoms with van der Waals surface area (Å²) in [7, 11) is 0. The number of hydrogen-bond donors (Lipinski definition) is 2. The number of nitrogens with zero attached hydrogens (tertiary/aromatic N) is 2. The Labute approximate surface area is 114 Å². The van der Waals surface area contributed by atoms with Crippen LogP contribution in [0.3, 0.4) is 0 Å². The van der Waals surface area contributed by atoms with Crippen molar-refractivity contribution in [1.82, 2.24) is 9.97 Å². The number of amides is 1. The number of pyridine rings is 2. The van der Waals surface area contributed by atoms with E-state index in [-0.39, 0.29) is 0 Å². The van der Waals surface area contributed by atoms with Crippen molar-refractivity contribution in [3.8, 4) is 11.3 Å². The van der Waals surface area contributed by atoms with Gasteiger partial charge in [0.1, 0.15) is 0 Å². The van der Waals surface area contributed by atoms with Crippen molar-refractivity contribution in [3.05, 3.63) is 55.0 Å². The van der Waals surface area contributed by atoms with Crippen molar-refractivity contribution in [3.63, 3.8) is 0 Å². The van der Waals surface area contributed by atoms with E-state index in [9.17, 15) is 9.59 Å². The zero-order valence-corrected chi connectivity index (χ0v) is 10.4. The average molecular weight is 269 g/mol. The minimum absolute atomic E-state index is 0.518. The lowest BCUT2D eigenvalue weighted by atomic mass is 10.2. The first kappa shape index (κ1) is 13.4. The maximum absolute atomic E-state index is 11.5. The lowest BCUT2D eigenvalue weighted by Crippen LogP contribution is -2.08. The lowest BCUT2D eigenvalue weighted by Gasteiger charge is -2.04. The Bertz CT molecular complexity index is 654. The van der Waals surface area contributed by atoms with Gasteiger partial charge in [-0.15, -0.1) is 0 Å². The van der Waals surface area contributed by atoms with Gasteiger partial charge in [0, 0.05) is 42.0 Å². The van der Waals surface area contributed by atoms with E-state index in [1.165, 1.54) is 0 Å². The van der Waals surface area contributed by atoms with Gasteiger partial charge >= 0.3 is 5.97 Å². The van der Waals surface area contributed by atoms with Crippen molar-refractivity contribution < 1.29 is 14.7 Å². The van der Waals surface area contributed by atoms with Gasteiger partial charge in [-0.2, -0.15) is 0 Å². The molecule has 0 radical (unpaired) electrons. The number of carboxylic acid groups (broad SMARTS) is 1. The van der Waals surface area contributed by atoms with Crippen molar-refractivity contribution in [2.75, 3.05) is 5.32 Å². The fourth-order valence-electron chi connectivity index (χ4n) is 1.51. The highest BCUT2D eigenvalue weighted by atomic mass is 16.4. The van der Waals surface area contributed by atoms with Gasteiger partial charge in [-0.1, -0.05) is 0 Å². The topological polar surface area (TPSA) is 92.2 Å². The summed E-state index contributed by atoms with van der Waals surface area (Å²) < 4.78 is 0. The third-order valence-electron chi connectivity index (χ3n) is 2.36. The second-order valence-electron chi connectivity index (χ2n) is 3.83. The number of anilines is 1. The van der Waals surface area contributed by atoms with Crippen LogP contribution in [0.5, 0.6) is 0 Å². The molecule has 2 N–H and O–H groups in total. The monoisotopic (exact) mass is 269 g/mol. The van der Waals surface area contributed by atoms with Gasteiger partial charge in [0.05, 0.1) is 5.69 Å². The molecule has 0 aliphatic heterocycles. The molecule has 1 amide bonds. The molecular weight excluding hydrogens is 258 g/mol. The maximum atomic E-state index is 11.5. The molecule has 0 aliphatic rings. The Morgan fingerprint density at radius 2 is 2.05 bits per heavy atom. The molecule has 6 heteroatoms. The number of rotatable bonds is 4. The smallest absolute Gasteiger partial charge is 0.328 e. The van der Waals surface area contributed by atoms with Gasteiger partial charge in [-0.3, -0.25) is 14.8 Å². The van der Waals surface area contributed by atoms with Crippen LogP contribution in [0.4, 0.5) is 5.69 Å². The number of carboxylic acids is 1. The van der Waals surface area contributed by atoms with E-state index in [2.05, 4.69) is 15.3 Å². The number of carbonyl (C=O) groups is 2. The van der Waals surface area contributed by atoms with Crippen LogP contribution in [-0.4, -0.2) is 27.0 Å². The number of nitrogens with one attached hydrogen (secondary N) is 1. The molecule has 2 heterocycles. The van der Waals surface area contributed by atoms with Crippen LogP contribution < -0.4 is 5.32 Å². The molecule has 0 aromatic carbocycles. The normalized spacial score (nSPS) is 10.4. The maximum Gasteiger partial charge on any atom is 0.328 e. The zero-order chi connectivity index (χ0) is 14.4. The minimum atomic E-state index is -1.18. The van der Waals surface area contributed by atoms with E-state index < -0.39 is 11.9 Å². The molecule has 20 heavy (non-hydrogen) atoms. The van der Waals surface area contributed by atoms with Gasteiger partial charge < -0.3 is 10.4 Å². The Kier molecular flexibility index (Phi) is 4.18. The second-order valence-corrected chi connectivity index (χ2v) is 3.83. The fourth-order valence-corrected chi connectivity index (χ4v) is 1.51. The first-order valence-corrected chi connectivity index (χ1v) is 5.73. The van der Waals surface area contributed by atoms with Crippen molar-refractivity contribution in [2.45, 2.75) is 0 Å². The number of aliphatic carboxylic acids is 1. The van der Waals surface area contributed by atoms with Crippen molar-refractivity contribution in [1.29, 1.82) is 0 Å². The molecule has 0 saturated heterocycles. The fraction of sp³-hybridized carbons (Fsp3) is 0. The molecule has 0 aliphatic carbocycles. The van der Waals surface area contributed by atoms with Crippen LogP contribution in [0.2, 0.25) is 0 Å². The molecular formula is C14H11N3O3. The predicted octanol–water partition coefficient (Wildman–Crippen LogP) is 1.72. The average Bonchev–Trinajstić information content (AvgIpc) is 2.46. The van der Waals surface area contributed by atoms with E-state index in [0.29, 0.717) is 11.4 Å². The Morgan fingerprint density at radius 1 is 1.20 bits per heavy atom. The predicted molar refractivity (Wildman–Crippen MR) is 72.9 cm³/mol. The Morgan fingerprint density at radius 3 is 2.75 bits per heavy atom. The molecule has 0 unspecified atom stereocenters. The number of carbonyl (C=O) groups excluding carboxylic acids is 1. The van der Waals surface area contributed by atoms with Crippen LogP contribution >= 0.6 is 0 Å². The van der Waals surface area contributed by atoms with Gasteiger partial charge in [-0.05, 0) is 24.3 Å². The standard InChI is InChI=1S/C14H11N3O3/c18-13(3-4-14(19)20)17-11-5-7-16-12(8-11)10-2-1-6-15-9-10/h1-9H,(H,19,20)(H,16,17,18)/b4-3+. The molecule has 100 valence electrons. The highest BCUT2D eigenvalue weighted by Crippen LogP contribution is 2.18. The highest BCUT2D eigenvalue weighted by molar-refractivity contribution is 6.02. The van der Waals surface area contributed by atoms with Crippen LogP contribution in [0.1, 0.15) is 0 Å². The van der Waals surface area contributed by atoms with Crippen LogP contribution in [0.15, 0.2) is 55.0 Å². The molecule has 0 spiro atoms. The van der Waals surface area contributed by atoms with E-state index in [4.69, 9.17) is 5.11 Å².